The molecule has 0 spiro atoms. The molecule has 0 saturated carbocycles. The number of ether oxygens (including phenoxy) is 1. The van der Waals surface area contributed by atoms with Crippen LogP contribution in [0.25, 0.3) is 0 Å². The highest BCUT2D eigenvalue weighted by molar-refractivity contribution is 7.08. The Balaban J connectivity index is 1.33. The first-order chi connectivity index (χ1) is 12.3. The van der Waals surface area contributed by atoms with Crippen LogP contribution in [0.3, 0.4) is 0 Å². The van der Waals surface area contributed by atoms with Crippen LogP contribution >= 0.6 is 11.3 Å². The molecule has 2 saturated heterocycles. The fourth-order valence-corrected chi connectivity index (χ4v) is 4.08. The van der Waals surface area contributed by atoms with Gasteiger partial charge in [-0.25, -0.2) is 9.97 Å². The summed E-state index contributed by atoms with van der Waals surface area (Å²) < 4.78 is 6.02. The molecule has 132 valence electrons. The van der Waals surface area contributed by atoms with Crippen LogP contribution in [0.4, 0.5) is 5.82 Å². The zero-order valence-electron chi connectivity index (χ0n) is 14.1. The average molecular weight is 358 g/mol. The van der Waals surface area contributed by atoms with E-state index in [2.05, 4.69) is 14.9 Å². The maximum Gasteiger partial charge on any atom is 0.227 e. The van der Waals surface area contributed by atoms with Gasteiger partial charge in [0.05, 0.1) is 13.0 Å². The summed E-state index contributed by atoms with van der Waals surface area (Å²) in [5.74, 6) is 1.71. The van der Waals surface area contributed by atoms with E-state index in [0.717, 1.165) is 37.4 Å². The minimum Gasteiger partial charge on any atom is -0.472 e. The van der Waals surface area contributed by atoms with Crippen LogP contribution in [0.5, 0.6) is 5.88 Å². The van der Waals surface area contributed by atoms with E-state index in [-0.39, 0.29) is 12.0 Å². The highest BCUT2D eigenvalue weighted by Crippen LogP contribution is 2.23. The van der Waals surface area contributed by atoms with E-state index in [1.54, 1.807) is 17.7 Å². The molecule has 0 aromatic carbocycles. The Morgan fingerprint density at radius 1 is 1.28 bits per heavy atom. The van der Waals surface area contributed by atoms with Crippen molar-refractivity contribution < 1.29 is 9.53 Å². The summed E-state index contributed by atoms with van der Waals surface area (Å²) in [6, 6.07) is 3.93. The first-order valence-electron chi connectivity index (χ1n) is 8.80. The number of rotatable bonds is 5. The molecule has 7 heteroatoms. The number of amides is 1. The summed E-state index contributed by atoms with van der Waals surface area (Å²) in [7, 11) is 0. The average Bonchev–Trinajstić information content (AvgIpc) is 3.38. The predicted molar refractivity (Wildman–Crippen MR) is 97.1 cm³/mol. The van der Waals surface area contributed by atoms with Gasteiger partial charge in [-0.15, -0.1) is 0 Å². The highest BCUT2D eigenvalue weighted by atomic mass is 32.1. The molecule has 4 heterocycles. The zero-order valence-corrected chi connectivity index (χ0v) is 15.0. The van der Waals surface area contributed by atoms with Gasteiger partial charge >= 0.3 is 0 Å². The molecular formula is C18H22N4O2S. The van der Waals surface area contributed by atoms with Crippen LogP contribution in [0, 0.1) is 0 Å². The van der Waals surface area contributed by atoms with Crippen molar-refractivity contribution in [1.29, 1.82) is 0 Å². The quantitative estimate of drug-likeness (QED) is 0.821. The monoisotopic (exact) mass is 358 g/mol. The van der Waals surface area contributed by atoms with Crippen molar-refractivity contribution in [2.45, 2.75) is 31.8 Å². The van der Waals surface area contributed by atoms with E-state index in [1.165, 1.54) is 12.8 Å². The molecule has 0 aliphatic carbocycles. The van der Waals surface area contributed by atoms with Crippen molar-refractivity contribution in [3.8, 4) is 5.88 Å². The molecule has 0 radical (unpaired) electrons. The molecule has 2 aromatic rings. The third kappa shape index (κ3) is 3.92. The van der Waals surface area contributed by atoms with Crippen molar-refractivity contribution in [3.63, 3.8) is 0 Å². The molecule has 2 aliphatic rings. The van der Waals surface area contributed by atoms with E-state index in [0.29, 0.717) is 18.8 Å². The van der Waals surface area contributed by atoms with E-state index >= 15 is 0 Å². The van der Waals surface area contributed by atoms with Crippen LogP contribution in [0.15, 0.2) is 29.2 Å². The van der Waals surface area contributed by atoms with E-state index < -0.39 is 0 Å². The molecule has 0 bridgehead atoms. The topological polar surface area (TPSA) is 58.6 Å². The standard InChI is InChI=1S/C18H22N4O2S/c23-18(9-14-4-8-25-12-14)22-7-3-15(11-22)24-17-10-16(19-13-20-17)21-5-1-2-6-21/h4,8,10,12-13,15H,1-3,5-7,9,11H2/t15-/m0/s1. The van der Waals surface area contributed by atoms with Gasteiger partial charge in [0, 0.05) is 32.1 Å². The normalized spacial score (nSPS) is 20.2. The van der Waals surface area contributed by atoms with E-state index in [4.69, 9.17) is 4.74 Å². The molecule has 25 heavy (non-hydrogen) atoms. The van der Waals surface area contributed by atoms with Gasteiger partial charge in [-0.3, -0.25) is 4.79 Å². The Morgan fingerprint density at radius 3 is 2.96 bits per heavy atom. The minimum atomic E-state index is 0.00718. The van der Waals surface area contributed by atoms with Gasteiger partial charge in [-0.1, -0.05) is 0 Å². The predicted octanol–water partition coefficient (Wildman–Crippen LogP) is 2.36. The largest absolute Gasteiger partial charge is 0.472 e. The van der Waals surface area contributed by atoms with Crippen LogP contribution < -0.4 is 9.64 Å². The number of carbonyl (C=O) groups is 1. The summed E-state index contributed by atoms with van der Waals surface area (Å²) in [5, 5.41) is 4.04. The zero-order chi connectivity index (χ0) is 17.1. The van der Waals surface area contributed by atoms with Crippen LogP contribution in [0.2, 0.25) is 0 Å². The Morgan fingerprint density at radius 2 is 2.16 bits per heavy atom. The van der Waals surface area contributed by atoms with Gasteiger partial charge in [0.2, 0.25) is 11.8 Å². The van der Waals surface area contributed by atoms with Gasteiger partial charge in [-0.2, -0.15) is 11.3 Å². The number of hydrogen-bond acceptors (Lipinski definition) is 6. The number of carbonyl (C=O) groups excluding carboxylic acids is 1. The molecule has 0 N–H and O–H groups in total. The van der Waals surface area contributed by atoms with Gasteiger partial charge in [0.25, 0.3) is 0 Å². The molecule has 4 rings (SSSR count). The fraction of sp³-hybridized carbons (Fsp3) is 0.500. The summed E-state index contributed by atoms with van der Waals surface area (Å²) in [5.41, 5.74) is 1.09. The second kappa shape index (κ2) is 7.39. The van der Waals surface area contributed by atoms with Gasteiger partial charge in [0.1, 0.15) is 18.2 Å². The van der Waals surface area contributed by atoms with Crippen molar-refractivity contribution in [1.82, 2.24) is 14.9 Å². The van der Waals surface area contributed by atoms with Crippen molar-refractivity contribution in [2.24, 2.45) is 0 Å². The second-order valence-corrected chi connectivity index (χ2v) is 7.37. The molecule has 0 unspecified atom stereocenters. The lowest BCUT2D eigenvalue weighted by Gasteiger charge is -2.18. The van der Waals surface area contributed by atoms with E-state index in [1.807, 2.05) is 27.8 Å². The number of nitrogens with zero attached hydrogens (tertiary/aromatic N) is 4. The maximum absolute atomic E-state index is 12.4. The van der Waals surface area contributed by atoms with Gasteiger partial charge < -0.3 is 14.5 Å². The molecule has 2 aliphatic heterocycles. The Bertz CT molecular complexity index is 716. The van der Waals surface area contributed by atoms with Crippen LogP contribution in [-0.4, -0.2) is 53.1 Å². The van der Waals surface area contributed by atoms with E-state index in [9.17, 15) is 4.79 Å². The lowest BCUT2D eigenvalue weighted by molar-refractivity contribution is -0.129. The molecule has 2 aromatic heterocycles. The summed E-state index contributed by atoms with van der Waals surface area (Å²) in [4.78, 5) is 25.1. The lowest BCUT2D eigenvalue weighted by atomic mass is 10.2. The Kier molecular flexibility index (Phi) is 4.83. The fourth-order valence-electron chi connectivity index (χ4n) is 3.41. The Hall–Kier alpha value is -2.15. The highest BCUT2D eigenvalue weighted by Gasteiger charge is 2.28. The lowest BCUT2D eigenvalue weighted by Crippen LogP contribution is -2.32. The Labute approximate surface area is 151 Å². The molecular weight excluding hydrogens is 336 g/mol. The second-order valence-electron chi connectivity index (χ2n) is 6.59. The number of likely N-dealkylation sites (tertiary alicyclic amines) is 1. The van der Waals surface area contributed by atoms with Gasteiger partial charge in [-0.05, 0) is 35.2 Å². The van der Waals surface area contributed by atoms with Gasteiger partial charge in [0.15, 0.2) is 0 Å². The molecule has 1 amide bonds. The van der Waals surface area contributed by atoms with Crippen molar-refractivity contribution >= 4 is 23.1 Å². The first kappa shape index (κ1) is 16.3. The SMILES string of the molecule is O=C(Cc1ccsc1)N1CC[C@H](Oc2cc(N3CCCC3)ncn2)C1. The number of aromatic nitrogens is 2. The molecule has 1 atom stereocenters. The van der Waals surface area contributed by atoms with Crippen LogP contribution in [0.1, 0.15) is 24.8 Å². The molecule has 6 nitrogen and oxygen atoms in total. The smallest absolute Gasteiger partial charge is 0.227 e. The van der Waals surface area contributed by atoms with Crippen molar-refractivity contribution in [2.75, 3.05) is 31.1 Å². The van der Waals surface area contributed by atoms with Crippen molar-refractivity contribution in [3.05, 3.63) is 34.8 Å². The van der Waals surface area contributed by atoms with Crippen LogP contribution in [-0.2, 0) is 11.2 Å². The maximum atomic E-state index is 12.4. The minimum absolute atomic E-state index is 0.00718. The third-order valence-corrected chi connectivity index (χ3v) is 5.51. The first-order valence-corrected chi connectivity index (χ1v) is 9.75. The number of hydrogen-bond donors (Lipinski definition) is 0. The molecule has 2 fully saturated rings. The summed E-state index contributed by atoms with van der Waals surface area (Å²) in [6.07, 6.45) is 5.32. The summed E-state index contributed by atoms with van der Waals surface area (Å²) in [6.45, 7) is 3.47. The number of thiophene rings is 1. The summed E-state index contributed by atoms with van der Waals surface area (Å²) >= 11 is 1.62. The number of anilines is 1. The third-order valence-electron chi connectivity index (χ3n) is 4.78.